The number of aliphatic hydroxyl groups excluding tert-OH is 2. The lowest BCUT2D eigenvalue weighted by atomic mass is 9.73. The number of carbonyl (C=O) groups excluding carboxylic acids is 2. The molecule has 3 heterocycles. The number of oxazole rings is 1. The van der Waals surface area contributed by atoms with Gasteiger partial charge in [0.2, 0.25) is 5.89 Å². The molecule has 9 heteroatoms. The number of aliphatic hydroxyl groups is 2. The first-order valence-corrected chi connectivity index (χ1v) is 13.2. The SMILES string of the molecule is CC1CCCC2(C)O[C@H]2C[C@@H](c2ccc3oc(CN)nc3c2)OC(=O)C[C@H](O)C(C)(C)C(=O)[C@H](C)[C@H]1O. The summed E-state index contributed by atoms with van der Waals surface area (Å²) in [5.41, 5.74) is 6.03. The van der Waals surface area contributed by atoms with Gasteiger partial charge in [0.1, 0.15) is 17.4 Å². The number of aromatic nitrogens is 1. The number of cyclic esters (lactones) is 1. The first-order valence-electron chi connectivity index (χ1n) is 13.2. The Morgan fingerprint density at radius 2 is 1.89 bits per heavy atom. The van der Waals surface area contributed by atoms with Gasteiger partial charge < -0.3 is 29.8 Å². The van der Waals surface area contributed by atoms with Gasteiger partial charge in [-0.05, 0) is 43.4 Å². The van der Waals surface area contributed by atoms with Crippen LogP contribution in [0.15, 0.2) is 22.6 Å². The molecule has 0 spiro atoms. The summed E-state index contributed by atoms with van der Waals surface area (Å²) in [6.45, 7) is 9.08. The van der Waals surface area contributed by atoms with E-state index in [1.807, 2.05) is 26.0 Å². The number of hydrogen-bond acceptors (Lipinski definition) is 9. The molecule has 7 atom stereocenters. The van der Waals surface area contributed by atoms with E-state index in [2.05, 4.69) is 4.98 Å². The standard InChI is InChI=1S/C28H40N2O7/c1-15-7-6-10-28(5)22(37-28)12-20(17-8-9-19-18(11-17)30-23(14-29)35-19)36-24(32)13-21(31)27(3,4)26(34)16(2)25(15)33/h8-9,11,15-16,20-22,25,31,33H,6-7,10,12-14,29H2,1-5H3/t15?,16-,20+,21+,22+,25+,28?/m1/s1. The van der Waals surface area contributed by atoms with E-state index in [-0.39, 0.29) is 36.4 Å². The van der Waals surface area contributed by atoms with E-state index in [1.54, 1.807) is 26.8 Å². The van der Waals surface area contributed by atoms with Crippen molar-refractivity contribution in [2.45, 2.75) is 103 Å². The lowest BCUT2D eigenvalue weighted by molar-refractivity contribution is -0.156. The molecule has 0 radical (unpaired) electrons. The number of hydrogen-bond donors (Lipinski definition) is 3. The molecule has 2 saturated heterocycles. The van der Waals surface area contributed by atoms with Crippen LogP contribution < -0.4 is 5.73 Å². The van der Waals surface area contributed by atoms with Crippen LogP contribution in [0.4, 0.5) is 0 Å². The van der Waals surface area contributed by atoms with Crippen LogP contribution in [0.1, 0.15) is 84.3 Å². The second kappa shape index (κ2) is 10.4. The maximum absolute atomic E-state index is 13.3. The minimum absolute atomic E-state index is 0.0917. The number of nitrogens with zero attached hydrogens (tertiary/aromatic N) is 1. The molecule has 2 aromatic rings. The number of nitrogens with two attached hydrogens (primary N) is 1. The Kier molecular flexibility index (Phi) is 7.82. The van der Waals surface area contributed by atoms with Crippen LogP contribution in [-0.4, -0.2) is 50.9 Å². The number of fused-ring (bicyclic) bond motifs is 2. The van der Waals surface area contributed by atoms with Gasteiger partial charge in [-0.15, -0.1) is 0 Å². The van der Waals surface area contributed by atoms with Crippen molar-refractivity contribution in [2.75, 3.05) is 0 Å². The van der Waals surface area contributed by atoms with E-state index in [4.69, 9.17) is 19.6 Å². The average Bonchev–Trinajstić information content (AvgIpc) is 3.29. The Balaban J connectivity index is 1.62. The van der Waals surface area contributed by atoms with E-state index in [0.29, 0.717) is 23.4 Å². The number of carbonyl (C=O) groups is 2. The normalized spacial score (nSPS) is 35.7. The monoisotopic (exact) mass is 516 g/mol. The van der Waals surface area contributed by atoms with Crippen molar-refractivity contribution in [1.29, 1.82) is 0 Å². The molecule has 204 valence electrons. The highest BCUT2D eigenvalue weighted by Crippen LogP contribution is 2.46. The van der Waals surface area contributed by atoms with Gasteiger partial charge in [-0.25, -0.2) is 4.98 Å². The summed E-state index contributed by atoms with van der Waals surface area (Å²) in [7, 11) is 0. The smallest absolute Gasteiger partial charge is 0.309 e. The number of esters is 1. The number of epoxide rings is 1. The minimum atomic E-state index is -1.27. The van der Waals surface area contributed by atoms with E-state index in [1.165, 1.54) is 0 Å². The lowest BCUT2D eigenvalue weighted by Crippen LogP contribution is -2.45. The summed E-state index contributed by atoms with van der Waals surface area (Å²) in [4.78, 5) is 30.7. The molecule has 1 aromatic carbocycles. The quantitative estimate of drug-likeness (QED) is 0.402. The summed E-state index contributed by atoms with van der Waals surface area (Å²) in [6.07, 6.45) is -0.356. The fraction of sp³-hybridized carbons (Fsp3) is 0.679. The Morgan fingerprint density at radius 1 is 1.16 bits per heavy atom. The number of rotatable bonds is 2. The van der Waals surface area contributed by atoms with Crippen LogP contribution >= 0.6 is 0 Å². The van der Waals surface area contributed by atoms with Crippen LogP contribution in [0.25, 0.3) is 11.1 Å². The molecule has 2 aliphatic rings. The Hall–Kier alpha value is -2.33. The molecule has 4 N–H and O–H groups in total. The number of benzene rings is 1. The fourth-order valence-corrected chi connectivity index (χ4v) is 5.50. The highest BCUT2D eigenvalue weighted by atomic mass is 16.6. The number of Topliss-reactive ketones (excluding diaryl/α,β-unsaturated/α-hetero) is 1. The third-order valence-corrected chi connectivity index (χ3v) is 8.41. The molecular formula is C28H40N2O7. The second-order valence-electron chi connectivity index (χ2n) is 11.6. The molecular weight excluding hydrogens is 476 g/mol. The maximum Gasteiger partial charge on any atom is 0.309 e. The molecule has 2 fully saturated rings. The van der Waals surface area contributed by atoms with Gasteiger partial charge >= 0.3 is 5.97 Å². The van der Waals surface area contributed by atoms with Gasteiger partial charge in [-0.2, -0.15) is 0 Å². The average molecular weight is 517 g/mol. The van der Waals surface area contributed by atoms with Gasteiger partial charge in [0.25, 0.3) is 0 Å². The maximum atomic E-state index is 13.3. The van der Waals surface area contributed by atoms with Crippen LogP contribution in [0.5, 0.6) is 0 Å². The summed E-state index contributed by atoms with van der Waals surface area (Å²) < 4.78 is 17.6. The number of ether oxygens (including phenoxy) is 2. The summed E-state index contributed by atoms with van der Waals surface area (Å²) in [5, 5.41) is 21.8. The van der Waals surface area contributed by atoms with Gasteiger partial charge in [-0.1, -0.05) is 40.2 Å². The predicted molar refractivity (Wildman–Crippen MR) is 136 cm³/mol. The highest BCUT2D eigenvalue weighted by molar-refractivity contribution is 5.88. The van der Waals surface area contributed by atoms with E-state index < -0.39 is 35.6 Å². The predicted octanol–water partition coefficient (Wildman–Crippen LogP) is 3.58. The van der Waals surface area contributed by atoms with Crippen molar-refractivity contribution in [2.24, 2.45) is 23.0 Å². The van der Waals surface area contributed by atoms with Crippen LogP contribution in [0.3, 0.4) is 0 Å². The molecule has 2 aliphatic heterocycles. The Labute approximate surface area is 217 Å². The van der Waals surface area contributed by atoms with Gasteiger partial charge in [-0.3, -0.25) is 9.59 Å². The van der Waals surface area contributed by atoms with Crippen LogP contribution in [0, 0.1) is 17.3 Å². The first-order chi connectivity index (χ1) is 17.4. The summed E-state index contributed by atoms with van der Waals surface area (Å²) >= 11 is 0. The van der Waals surface area contributed by atoms with Crippen molar-refractivity contribution in [1.82, 2.24) is 4.98 Å². The zero-order valence-electron chi connectivity index (χ0n) is 22.4. The molecule has 37 heavy (non-hydrogen) atoms. The Bertz CT molecular complexity index is 1140. The van der Waals surface area contributed by atoms with Crippen molar-refractivity contribution < 1.29 is 33.7 Å². The molecule has 2 unspecified atom stereocenters. The first kappa shape index (κ1) is 27.7. The fourth-order valence-electron chi connectivity index (χ4n) is 5.50. The topological polar surface area (TPSA) is 148 Å². The minimum Gasteiger partial charge on any atom is -0.457 e. The molecule has 4 rings (SSSR count). The highest BCUT2D eigenvalue weighted by Gasteiger charge is 2.53. The van der Waals surface area contributed by atoms with Crippen molar-refractivity contribution in [3.05, 3.63) is 29.7 Å². The van der Waals surface area contributed by atoms with Gasteiger partial charge in [0, 0.05) is 12.3 Å². The molecule has 1 aromatic heterocycles. The van der Waals surface area contributed by atoms with E-state index >= 15 is 0 Å². The molecule has 0 bridgehead atoms. The van der Waals surface area contributed by atoms with E-state index in [0.717, 1.165) is 24.8 Å². The molecule has 9 nitrogen and oxygen atoms in total. The van der Waals surface area contributed by atoms with E-state index in [9.17, 15) is 19.8 Å². The largest absolute Gasteiger partial charge is 0.457 e. The van der Waals surface area contributed by atoms with Crippen molar-refractivity contribution in [3.8, 4) is 0 Å². The van der Waals surface area contributed by atoms with Gasteiger partial charge in [0.05, 0.1) is 42.3 Å². The molecule has 0 saturated carbocycles. The molecule has 0 amide bonds. The Morgan fingerprint density at radius 3 is 2.59 bits per heavy atom. The summed E-state index contributed by atoms with van der Waals surface area (Å²) in [5.74, 6) is -1.24. The van der Waals surface area contributed by atoms with Crippen molar-refractivity contribution >= 4 is 22.9 Å². The van der Waals surface area contributed by atoms with Crippen LogP contribution in [-0.2, 0) is 25.6 Å². The zero-order valence-corrected chi connectivity index (χ0v) is 22.4. The second-order valence-corrected chi connectivity index (χ2v) is 11.6. The van der Waals surface area contributed by atoms with Crippen LogP contribution in [0.2, 0.25) is 0 Å². The zero-order chi connectivity index (χ0) is 27.1. The van der Waals surface area contributed by atoms with Crippen molar-refractivity contribution in [3.63, 3.8) is 0 Å². The molecule has 0 aliphatic carbocycles. The lowest BCUT2D eigenvalue weighted by Gasteiger charge is -2.34. The third-order valence-electron chi connectivity index (χ3n) is 8.41. The number of ketones is 1. The third kappa shape index (κ3) is 5.74. The van der Waals surface area contributed by atoms with Gasteiger partial charge in [0.15, 0.2) is 5.58 Å². The summed E-state index contributed by atoms with van der Waals surface area (Å²) in [6, 6.07) is 5.43.